The van der Waals surface area contributed by atoms with Crippen LogP contribution in [0.1, 0.15) is 32.8 Å². The quantitative estimate of drug-likeness (QED) is 0.232. The average molecular weight is 351 g/mol. The molecule has 0 unspecified atom stereocenters. The zero-order chi connectivity index (χ0) is 18.1. The van der Waals surface area contributed by atoms with Crippen molar-refractivity contribution in [1.29, 1.82) is 0 Å². The van der Waals surface area contributed by atoms with Crippen molar-refractivity contribution < 1.29 is 13.9 Å². The average Bonchev–Trinajstić information content (AvgIpc) is 2.52. The van der Waals surface area contributed by atoms with Gasteiger partial charge in [0.1, 0.15) is 6.79 Å². The van der Waals surface area contributed by atoms with Gasteiger partial charge in [0, 0.05) is 12.5 Å². The molecular formula is C20H34O3Si. The summed E-state index contributed by atoms with van der Waals surface area (Å²) in [5.74, 6) is 0.331. The third-order valence-corrected chi connectivity index (χ3v) is 9.12. The predicted octanol–water partition coefficient (Wildman–Crippen LogP) is 5.39. The molecule has 0 saturated heterocycles. The molecule has 0 spiro atoms. The van der Waals surface area contributed by atoms with Crippen molar-refractivity contribution in [2.75, 3.05) is 20.0 Å². The molecule has 1 aromatic rings. The highest BCUT2D eigenvalue weighted by Crippen LogP contribution is 2.36. The summed E-state index contributed by atoms with van der Waals surface area (Å²) in [5.41, 5.74) is 1.16. The van der Waals surface area contributed by atoms with Gasteiger partial charge in [0.05, 0.1) is 13.2 Å². The highest BCUT2D eigenvalue weighted by molar-refractivity contribution is 6.74. The van der Waals surface area contributed by atoms with Crippen LogP contribution in [0.2, 0.25) is 18.1 Å². The van der Waals surface area contributed by atoms with E-state index in [1.54, 1.807) is 0 Å². The summed E-state index contributed by atoms with van der Waals surface area (Å²) in [5, 5.41) is 0.228. The monoisotopic (exact) mass is 350 g/mol. The van der Waals surface area contributed by atoms with Gasteiger partial charge in [-0.2, -0.15) is 0 Å². The molecule has 0 N–H and O–H groups in total. The van der Waals surface area contributed by atoms with Gasteiger partial charge < -0.3 is 13.9 Å². The van der Waals surface area contributed by atoms with Crippen molar-refractivity contribution in [3.8, 4) is 0 Å². The van der Waals surface area contributed by atoms with Gasteiger partial charge in [0.2, 0.25) is 0 Å². The second kappa shape index (κ2) is 10.1. The van der Waals surface area contributed by atoms with Crippen LogP contribution >= 0.6 is 0 Å². The minimum absolute atomic E-state index is 0.228. The number of allylic oxidation sites excluding steroid dienone is 1. The van der Waals surface area contributed by atoms with Crippen molar-refractivity contribution in [2.24, 2.45) is 5.92 Å². The smallest absolute Gasteiger partial charge is 0.191 e. The Balaban J connectivity index is 2.29. The van der Waals surface area contributed by atoms with Crippen LogP contribution in [0.4, 0.5) is 0 Å². The Kier molecular flexibility index (Phi) is 8.91. The number of ether oxygens (including phenoxy) is 2. The van der Waals surface area contributed by atoms with Gasteiger partial charge in [-0.3, -0.25) is 0 Å². The fourth-order valence-electron chi connectivity index (χ4n) is 1.97. The van der Waals surface area contributed by atoms with Crippen LogP contribution in [0, 0.1) is 5.92 Å². The van der Waals surface area contributed by atoms with E-state index in [1.165, 1.54) is 0 Å². The van der Waals surface area contributed by atoms with Crippen LogP contribution in [0.5, 0.6) is 0 Å². The zero-order valence-electron chi connectivity index (χ0n) is 16.0. The molecule has 0 saturated carbocycles. The van der Waals surface area contributed by atoms with Crippen LogP contribution in [-0.2, 0) is 20.5 Å². The van der Waals surface area contributed by atoms with E-state index in [0.717, 1.165) is 18.6 Å². The molecule has 1 atom stereocenters. The Morgan fingerprint density at radius 3 is 2.33 bits per heavy atom. The lowest BCUT2D eigenvalue weighted by molar-refractivity contribution is -0.0748. The SMILES string of the molecule is C=CC[C@H](COCOCc1ccccc1)CO[Si](C)(C)C(C)(C)C. The molecule has 0 fully saturated rings. The molecule has 3 nitrogen and oxygen atoms in total. The Morgan fingerprint density at radius 1 is 1.08 bits per heavy atom. The number of hydrogen-bond donors (Lipinski definition) is 0. The van der Waals surface area contributed by atoms with Gasteiger partial charge in [-0.25, -0.2) is 0 Å². The van der Waals surface area contributed by atoms with E-state index in [9.17, 15) is 0 Å². The maximum absolute atomic E-state index is 6.31. The van der Waals surface area contributed by atoms with Crippen LogP contribution in [-0.4, -0.2) is 28.3 Å². The maximum atomic E-state index is 6.31. The van der Waals surface area contributed by atoms with Crippen molar-refractivity contribution in [3.05, 3.63) is 48.6 Å². The molecule has 1 aromatic carbocycles. The molecule has 0 amide bonds. The minimum atomic E-state index is -1.72. The Morgan fingerprint density at radius 2 is 1.75 bits per heavy atom. The summed E-state index contributed by atoms with van der Waals surface area (Å²) in [6.07, 6.45) is 2.83. The maximum Gasteiger partial charge on any atom is 0.191 e. The first-order valence-corrected chi connectivity index (χ1v) is 11.6. The van der Waals surface area contributed by atoms with Gasteiger partial charge in [0.25, 0.3) is 0 Å². The molecule has 0 aliphatic heterocycles. The van der Waals surface area contributed by atoms with Gasteiger partial charge in [-0.05, 0) is 30.1 Å². The molecule has 0 heterocycles. The molecule has 0 radical (unpaired) electrons. The fourth-order valence-corrected chi connectivity index (χ4v) is 3.06. The summed E-state index contributed by atoms with van der Waals surface area (Å²) in [7, 11) is -1.72. The third-order valence-electron chi connectivity index (χ3n) is 4.62. The second-order valence-corrected chi connectivity index (χ2v) is 12.6. The van der Waals surface area contributed by atoms with Crippen molar-refractivity contribution >= 4 is 8.32 Å². The van der Waals surface area contributed by atoms with E-state index in [4.69, 9.17) is 13.9 Å². The number of hydrogen-bond acceptors (Lipinski definition) is 3. The van der Waals surface area contributed by atoms with E-state index in [-0.39, 0.29) is 5.04 Å². The second-order valence-electron chi connectivity index (χ2n) is 7.78. The molecule has 0 bridgehead atoms. The lowest BCUT2D eigenvalue weighted by Gasteiger charge is -2.37. The van der Waals surface area contributed by atoms with Gasteiger partial charge in [0.15, 0.2) is 8.32 Å². The van der Waals surface area contributed by atoms with E-state index >= 15 is 0 Å². The first-order chi connectivity index (χ1) is 11.3. The first-order valence-electron chi connectivity index (χ1n) is 8.70. The van der Waals surface area contributed by atoms with Gasteiger partial charge in [-0.15, -0.1) is 6.58 Å². The zero-order valence-corrected chi connectivity index (χ0v) is 17.0. The van der Waals surface area contributed by atoms with Crippen molar-refractivity contribution in [2.45, 2.75) is 51.9 Å². The molecular weight excluding hydrogens is 316 g/mol. The van der Waals surface area contributed by atoms with E-state index in [1.807, 2.05) is 36.4 Å². The molecule has 0 aliphatic rings. The molecule has 1 rings (SSSR count). The lowest BCUT2D eigenvalue weighted by atomic mass is 10.1. The standard InChI is InChI=1S/C20H34O3Si/c1-7-11-19(16-23-24(5,6)20(2,3)4)15-22-17-21-14-18-12-9-8-10-13-18/h7-10,12-13,19H,1,11,14-17H2,2-6H3/t19-/m1/s1. The highest BCUT2D eigenvalue weighted by atomic mass is 28.4. The third kappa shape index (κ3) is 7.75. The predicted molar refractivity (Wildman–Crippen MR) is 104 cm³/mol. The largest absolute Gasteiger partial charge is 0.416 e. The fraction of sp³-hybridized carbons (Fsp3) is 0.600. The Bertz CT molecular complexity index is 466. The summed E-state index contributed by atoms with van der Waals surface area (Å²) in [6.45, 7) is 17.4. The molecule has 0 aliphatic carbocycles. The van der Waals surface area contributed by atoms with Crippen LogP contribution < -0.4 is 0 Å². The summed E-state index contributed by atoms with van der Waals surface area (Å²) >= 11 is 0. The lowest BCUT2D eigenvalue weighted by Crippen LogP contribution is -2.42. The minimum Gasteiger partial charge on any atom is -0.416 e. The van der Waals surface area contributed by atoms with E-state index < -0.39 is 8.32 Å². The number of rotatable bonds is 11. The van der Waals surface area contributed by atoms with Crippen LogP contribution in [0.3, 0.4) is 0 Å². The summed E-state index contributed by atoms with van der Waals surface area (Å²) in [6, 6.07) is 10.1. The van der Waals surface area contributed by atoms with Crippen LogP contribution in [0.25, 0.3) is 0 Å². The summed E-state index contributed by atoms with van der Waals surface area (Å²) < 4.78 is 17.6. The highest BCUT2D eigenvalue weighted by Gasteiger charge is 2.37. The van der Waals surface area contributed by atoms with E-state index in [2.05, 4.69) is 40.4 Å². The number of benzene rings is 1. The first kappa shape index (κ1) is 21.1. The van der Waals surface area contributed by atoms with Gasteiger partial charge >= 0.3 is 0 Å². The van der Waals surface area contributed by atoms with Crippen molar-refractivity contribution in [1.82, 2.24) is 0 Å². The topological polar surface area (TPSA) is 27.7 Å². The van der Waals surface area contributed by atoms with Gasteiger partial charge in [-0.1, -0.05) is 57.2 Å². The Hall–Kier alpha value is -0.943. The molecule has 4 heteroatoms. The van der Waals surface area contributed by atoms with Crippen molar-refractivity contribution in [3.63, 3.8) is 0 Å². The van der Waals surface area contributed by atoms with Crippen LogP contribution in [0.15, 0.2) is 43.0 Å². The molecule has 24 heavy (non-hydrogen) atoms. The normalized spacial score (nSPS) is 13.7. The summed E-state index contributed by atoms with van der Waals surface area (Å²) in [4.78, 5) is 0. The van der Waals surface area contributed by atoms with E-state index in [0.29, 0.717) is 25.9 Å². The Labute approximate surface area is 149 Å². The molecule has 136 valence electrons. The molecule has 0 aromatic heterocycles.